The van der Waals surface area contributed by atoms with Gasteiger partial charge in [0.2, 0.25) is 0 Å². The zero-order chi connectivity index (χ0) is 7.78. The quantitative estimate of drug-likeness (QED) is 0.509. The lowest BCUT2D eigenvalue weighted by atomic mass is 9.95. The van der Waals surface area contributed by atoms with Gasteiger partial charge in [-0.25, -0.2) is 4.99 Å². The topological polar surface area (TPSA) is 64.4 Å². The van der Waals surface area contributed by atoms with Crippen LogP contribution in [0.25, 0.3) is 0 Å². The van der Waals surface area contributed by atoms with Crippen LogP contribution in [0.4, 0.5) is 0 Å². The van der Waals surface area contributed by atoms with E-state index in [1.54, 1.807) is 0 Å². The molecule has 1 aliphatic heterocycles. The van der Waals surface area contributed by atoms with Crippen molar-refractivity contribution in [3.8, 4) is 0 Å². The van der Waals surface area contributed by atoms with Gasteiger partial charge in [-0.05, 0) is 19.9 Å². The lowest BCUT2D eigenvalue weighted by molar-refractivity contribution is 0.595. The molecule has 4 N–H and O–H groups in total. The molecule has 0 saturated carbocycles. The number of allylic oxidation sites excluding steroid dienone is 1. The van der Waals surface area contributed by atoms with Crippen LogP contribution in [-0.2, 0) is 0 Å². The Balaban J connectivity index is 2.88. The lowest BCUT2D eigenvalue weighted by Crippen LogP contribution is -2.40. The van der Waals surface area contributed by atoms with Crippen molar-refractivity contribution in [3.63, 3.8) is 0 Å². The van der Waals surface area contributed by atoms with Crippen molar-refractivity contribution in [2.75, 3.05) is 0 Å². The molecule has 0 aromatic heterocycles. The maximum absolute atomic E-state index is 5.82. The molecule has 0 bridgehead atoms. The van der Waals surface area contributed by atoms with Crippen LogP contribution >= 0.6 is 0 Å². The second-order valence-electron chi connectivity index (χ2n) is 3.07. The zero-order valence-electron chi connectivity index (χ0n) is 6.39. The summed E-state index contributed by atoms with van der Waals surface area (Å²) in [7, 11) is 0. The molecule has 0 aromatic carbocycles. The first-order chi connectivity index (χ1) is 4.49. The van der Waals surface area contributed by atoms with E-state index in [-0.39, 0.29) is 5.54 Å². The molecule has 10 heavy (non-hydrogen) atoms. The van der Waals surface area contributed by atoms with Gasteiger partial charge >= 0.3 is 0 Å². The molecule has 1 atom stereocenters. The van der Waals surface area contributed by atoms with Gasteiger partial charge in [0.05, 0.1) is 0 Å². The van der Waals surface area contributed by atoms with Crippen LogP contribution < -0.4 is 11.5 Å². The molecule has 0 fully saturated rings. The van der Waals surface area contributed by atoms with E-state index in [4.69, 9.17) is 11.5 Å². The molecule has 0 saturated heterocycles. The van der Waals surface area contributed by atoms with Crippen LogP contribution in [0.1, 0.15) is 20.3 Å². The molecular weight excluding hydrogens is 126 g/mol. The fourth-order valence-electron chi connectivity index (χ4n) is 1.22. The van der Waals surface area contributed by atoms with Crippen LogP contribution in [-0.4, -0.2) is 11.4 Å². The van der Waals surface area contributed by atoms with Crippen LogP contribution in [0.5, 0.6) is 0 Å². The first-order valence-electron chi connectivity index (χ1n) is 3.31. The van der Waals surface area contributed by atoms with Crippen molar-refractivity contribution >= 4 is 5.84 Å². The minimum absolute atomic E-state index is 0.296. The van der Waals surface area contributed by atoms with Gasteiger partial charge in [-0.15, -0.1) is 0 Å². The average molecular weight is 139 g/mol. The average Bonchev–Trinajstić information content (AvgIpc) is 1.54. The van der Waals surface area contributed by atoms with Gasteiger partial charge in [0.15, 0.2) is 0 Å². The Labute approximate surface area is 60.8 Å². The molecule has 1 unspecified atom stereocenters. The Bertz CT molecular complexity index is 201. The number of nitrogens with zero attached hydrogens (tertiary/aromatic N) is 1. The molecule has 0 amide bonds. The smallest absolute Gasteiger partial charge is 0.101 e. The fraction of sp³-hybridized carbons (Fsp3) is 0.571. The van der Waals surface area contributed by atoms with Gasteiger partial charge in [0, 0.05) is 17.7 Å². The number of amidine groups is 1. The second-order valence-corrected chi connectivity index (χ2v) is 3.07. The van der Waals surface area contributed by atoms with E-state index in [9.17, 15) is 0 Å². The van der Waals surface area contributed by atoms with E-state index in [0.29, 0.717) is 12.3 Å². The maximum Gasteiger partial charge on any atom is 0.101 e. The maximum atomic E-state index is 5.82. The Kier molecular flexibility index (Phi) is 1.52. The van der Waals surface area contributed by atoms with Gasteiger partial charge in [-0.2, -0.15) is 0 Å². The summed E-state index contributed by atoms with van der Waals surface area (Å²) in [4.78, 5) is 4.05. The summed E-state index contributed by atoms with van der Waals surface area (Å²) in [6.07, 6.45) is 2.59. The van der Waals surface area contributed by atoms with Crippen LogP contribution in [0, 0.1) is 0 Å². The molecule has 0 spiro atoms. The molecule has 1 aliphatic rings. The summed E-state index contributed by atoms with van der Waals surface area (Å²) < 4.78 is 0. The van der Waals surface area contributed by atoms with E-state index < -0.39 is 0 Å². The zero-order valence-corrected chi connectivity index (χ0v) is 6.39. The number of rotatable bonds is 0. The highest BCUT2D eigenvalue weighted by Crippen LogP contribution is 2.16. The van der Waals surface area contributed by atoms with Gasteiger partial charge in [0.25, 0.3) is 0 Å². The monoisotopic (exact) mass is 139 g/mol. The van der Waals surface area contributed by atoms with Crippen LogP contribution in [0.15, 0.2) is 16.8 Å². The fourth-order valence-corrected chi connectivity index (χ4v) is 1.22. The predicted molar refractivity (Wildman–Crippen MR) is 42.6 cm³/mol. The Morgan fingerprint density at radius 1 is 1.70 bits per heavy atom. The third-order valence-electron chi connectivity index (χ3n) is 1.42. The summed E-state index contributed by atoms with van der Waals surface area (Å²) in [5.74, 6) is 0.630. The second kappa shape index (κ2) is 2.09. The third-order valence-corrected chi connectivity index (χ3v) is 1.42. The van der Waals surface area contributed by atoms with Crippen molar-refractivity contribution in [2.24, 2.45) is 16.5 Å². The molecule has 0 aliphatic carbocycles. The van der Waals surface area contributed by atoms with Gasteiger partial charge in [0.1, 0.15) is 5.84 Å². The summed E-state index contributed by atoms with van der Waals surface area (Å²) in [5.41, 5.74) is 12.0. The van der Waals surface area contributed by atoms with E-state index in [2.05, 4.69) is 4.99 Å². The first-order valence-corrected chi connectivity index (χ1v) is 3.31. The highest BCUT2D eigenvalue weighted by molar-refractivity contribution is 5.83. The molecule has 0 radical (unpaired) electrons. The normalized spacial score (nSPS) is 33.1. The van der Waals surface area contributed by atoms with Crippen LogP contribution in [0.3, 0.4) is 0 Å². The van der Waals surface area contributed by atoms with Crippen LogP contribution in [0.2, 0.25) is 0 Å². The largest absolute Gasteiger partial charge is 0.387 e. The van der Waals surface area contributed by atoms with Gasteiger partial charge in [-0.3, -0.25) is 0 Å². The molecular formula is C7H13N3. The lowest BCUT2D eigenvalue weighted by Gasteiger charge is -2.23. The number of hydrogen-bond donors (Lipinski definition) is 2. The molecule has 0 aromatic rings. The van der Waals surface area contributed by atoms with E-state index in [1.165, 1.54) is 0 Å². The summed E-state index contributed by atoms with van der Waals surface area (Å²) in [5, 5.41) is 0. The minimum atomic E-state index is -0.296. The van der Waals surface area contributed by atoms with Gasteiger partial charge in [-0.1, -0.05) is 0 Å². The molecule has 3 nitrogen and oxygen atoms in total. The van der Waals surface area contributed by atoms with E-state index in [0.717, 1.165) is 5.70 Å². The summed E-state index contributed by atoms with van der Waals surface area (Å²) in [6.45, 7) is 3.84. The summed E-state index contributed by atoms with van der Waals surface area (Å²) in [6, 6.07) is 0. The van der Waals surface area contributed by atoms with E-state index in [1.807, 2.05) is 19.9 Å². The van der Waals surface area contributed by atoms with Crippen molar-refractivity contribution in [3.05, 3.63) is 11.8 Å². The number of hydrogen-bond acceptors (Lipinski definition) is 3. The minimum Gasteiger partial charge on any atom is -0.387 e. The van der Waals surface area contributed by atoms with Crippen molar-refractivity contribution < 1.29 is 0 Å². The highest BCUT2D eigenvalue weighted by Gasteiger charge is 2.20. The summed E-state index contributed by atoms with van der Waals surface area (Å²) >= 11 is 0. The molecule has 56 valence electrons. The number of aliphatic imine (C=N–C) groups is 1. The Morgan fingerprint density at radius 2 is 2.30 bits per heavy atom. The molecule has 1 rings (SSSR count). The predicted octanol–water partition coefficient (Wildman–Crippen LogP) is 0.369. The molecule has 3 heteroatoms. The SMILES string of the molecule is CC1=CC(C)(N)CC(N)=N1. The van der Waals surface area contributed by atoms with Crippen molar-refractivity contribution in [1.82, 2.24) is 0 Å². The third kappa shape index (κ3) is 1.57. The first kappa shape index (κ1) is 7.28. The van der Waals surface area contributed by atoms with E-state index >= 15 is 0 Å². The highest BCUT2D eigenvalue weighted by atomic mass is 14.9. The Hall–Kier alpha value is -0.830. The van der Waals surface area contributed by atoms with Crippen molar-refractivity contribution in [2.45, 2.75) is 25.8 Å². The van der Waals surface area contributed by atoms with Crippen molar-refractivity contribution in [1.29, 1.82) is 0 Å². The standard InChI is InChI=1S/C7H13N3/c1-5-3-7(2,9)4-6(8)10-5/h3H,4,9H2,1-2H3,(H2,8,10). The Morgan fingerprint density at radius 3 is 2.70 bits per heavy atom. The molecule has 1 heterocycles. The number of nitrogens with two attached hydrogens (primary N) is 2. The van der Waals surface area contributed by atoms with Gasteiger partial charge < -0.3 is 11.5 Å².